The molecule has 0 fully saturated rings. The van der Waals surface area contributed by atoms with E-state index in [1.807, 2.05) is 6.07 Å². The number of hydrogen-bond donors (Lipinski definition) is 0. The van der Waals surface area contributed by atoms with E-state index in [0.29, 0.717) is 6.61 Å². The van der Waals surface area contributed by atoms with Gasteiger partial charge in [-0.2, -0.15) is 0 Å². The molecule has 0 aliphatic carbocycles. The zero-order chi connectivity index (χ0) is 22.6. The van der Waals surface area contributed by atoms with Gasteiger partial charge in [-0.25, -0.2) is 0 Å². The Hall–Kier alpha value is -2.25. The highest BCUT2D eigenvalue weighted by Crippen LogP contribution is 2.55. The third-order valence-electron chi connectivity index (χ3n) is 6.23. The van der Waals surface area contributed by atoms with E-state index in [9.17, 15) is 0 Å². The summed E-state index contributed by atoms with van der Waals surface area (Å²) >= 11 is 0. The number of ether oxygens (including phenoxy) is 1. The first-order valence-corrected chi connectivity index (χ1v) is 14.0. The number of benzene rings is 4. The molecule has 4 aromatic carbocycles. The van der Waals surface area contributed by atoms with E-state index in [0.717, 1.165) is 13.0 Å². The Morgan fingerprint density at radius 3 is 1.35 bits per heavy atom. The summed E-state index contributed by atoms with van der Waals surface area (Å²) in [7, 11) is -1.69. The molecule has 0 spiro atoms. The molecular weight excluding hydrogens is 499 g/mol. The Balaban J connectivity index is 0.00000324. The lowest BCUT2D eigenvalue weighted by Gasteiger charge is -2.27. The van der Waals surface area contributed by atoms with Crippen LogP contribution in [0.2, 0.25) is 0 Å². The van der Waals surface area contributed by atoms with Crippen molar-refractivity contribution in [3.8, 4) is 0 Å². The largest absolute Gasteiger partial charge is 1.00 e. The summed E-state index contributed by atoms with van der Waals surface area (Å²) in [6, 6.07) is 44.0. The second-order valence-electron chi connectivity index (χ2n) is 8.49. The van der Waals surface area contributed by atoms with Crippen molar-refractivity contribution in [1.82, 2.24) is 0 Å². The van der Waals surface area contributed by atoms with Gasteiger partial charge in [0.2, 0.25) is 0 Å². The van der Waals surface area contributed by atoms with Crippen LogP contribution < -0.4 is 32.9 Å². The first-order chi connectivity index (χ1) is 16.4. The third-order valence-corrected chi connectivity index (χ3v) is 10.8. The summed E-state index contributed by atoms with van der Waals surface area (Å²) in [6.07, 6.45) is 6.01. The molecule has 0 N–H and O–H groups in total. The van der Waals surface area contributed by atoms with Crippen LogP contribution in [0.3, 0.4) is 0 Å². The minimum absolute atomic E-state index is 0. The highest BCUT2D eigenvalue weighted by molar-refractivity contribution is 7.95. The van der Waals surface area contributed by atoms with Crippen LogP contribution in [0.1, 0.15) is 31.2 Å². The fourth-order valence-electron chi connectivity index (χ4n) is 4.55. The highest BCUT2D eigenvalue weighted by Gasteiger charge is 2.44. The van der Waals surface area contributed by atoms with Gasteiger partial charge in [0.25, 0.3) is 0 Å². The van der Waals surface area contributed by atoms with Crippen molar-refractivity contribution in [3.05, 3.63) is 127 Å². The van der Waals surface area contributed by atoms with Crippen LogP contribution in [-0.4, -0.2) is 12.8 Å². The summed E-state index contributed by atoms with van der Waals surface area (Å²) in [5.41, 5.74) is 1.25. The lowest BCUT2D eigenvalue weighted by atomic mass is 10.2. The topological polar surface area (TPSA) is 9.23 Å². The van der Waals surface area contributed by atoms with Gasteiger partial charge in [-0.1, -0.05) is 91.3 Å². The Labute approximate surface area is 216 Å². The smallest absolute Gasteiger partial charge is 0.112 e. The molecule has 0 aliphatic rings. The van der Waals surface area contributed by atoms with Gasteiger partial charge in [-0.3, -0.25) is 0 Å². The molecule has 0 aliphatic heterocycles. The van der Waals surface area contributed by atoms with Crippen molar-refractivity contribution < 1.29 is 21.7 Å². The van der Waals surface area contributed by atoms with E-state index in [2.05, 4.69) is 115 Å². The van der Waals surface area contributed by atoms with E-state index in [4.69, 9.17) is 4.74 Å². The van der Waals surface area contributed by atoms with Gasteiger partial charge in [0.15, 0.2) is 0 Å². The minimum atomic E-state index is -1.69. The first kappa shape index (κ1) is 26.4. The van der Waals surface area contributed by atoms with E-state index in [1.54, 1.807) is 0 Å². The van der Waals surface area contributed by atoms with Crippen LogP contribution in [0, 0.1) is 0 Å². The maximum atomic E-state index is 5.88. The van der Waals surface area contributed by atoms with Crippen molar-refractivity contribution >= 4 is 23.2 Å². The quantitative estimate of drug-likeness (QED) is 0.199. The van der Waals surface area contributed by atoms with E-state index < -0.39 is 7.26 Å². The second kappa shape index (κ2) is 14.2. The van der Waals surface area contributed by atoms with E-state index >= 15 is 0 Å². The summed E-state index contributed by atoms with van der Waals surface area (Å²) in [5.74, 6) is 0. The van der Waals surface area contributed by atoms with Crippen LogP contribution in [0.4, 0.5) is 0 Å². The molecule has 1 nitrogen and oxygen atoms in total. The number of unbranched alkanes of at least 4 members (excludes halogenated alkanes) is 3. The van der Waals surface area contributed by atoms with Crippen LogP contribution in [0.15, 0.2) is 121 Å². The molecule has 4 aromatic rings. The minimum Gasteiger partial charge on any atom is -1.00 e. The van der Waals surface area contributed by atoms with Crippen molar-refractivity contribution in [3.63, 3.8) is 0 Å². The molecule has 0 amide bonds. The SMILES string of the molecule is [Br-].c1ccc(COCCCCCC[P+](c2ccccc2)(c2ccccc2)c2ccccc2)cc1. The molecule has 0 atom stereocenters. The van der Waals surface area contributed by atoms with Crippen molar-refractivity contribution in [2.75, 3.05) is 12.8 Å². The molecule has 0 heterocycles. The lowest BCUT2D eigenvalue weighted by Crippen LogP contribution is -3.00. The third kappa shape index (κ3) is 6.89. The fourth-order valence-corrected chi connectivity index (χ4v) is 8.96. The maximum absolute atomic E-state index is 5.88. The summed E-state index contributed by atoms with van der Waals surface area (Å²) in [4.78, 5) is 0. The average Bonchev–Trinajstić information content (AvgIpc) is 2.90. The summed E-state index contributed by atoms with van der Waals surface area (Å²) in [6.45, 7) is 1.55. The first-order valence-electron chi connectivity index (χ1n) is 12.1. The Kier molecular flexibility index (Phi) is 11.0. The number of rotatable bonds is 12. The maximum Gasteiger partial charge on any atom is 0.112 e. The van der Waals surface area contributed by atoms with Crippen LogP contribution in [-0.2, 0) is 11.3 Å². The molecule has 0 unspecified atom stereocenters. The molecular formula is C31H34BrOP. The molecule has 0 saturated heterocycles. The molecule has 176 valence electrons. The van der Waals surface area contributed by atoms with Crippen LogP contribution in [0.5, 0.6) is 0 Å². The Morgan fingerprint density at radius 1 is 0.471 bits per heavy atom. The van der Waals surface area contributed by atoms with Gasteiger partial charge < -0.3 is 21.7 Å². The van der Waals surface area contributed by atoms with Gasteiger partial charge >= 0.3 is 0 Å². The fraction of sp³-hybridized carbons (Fsp3) is 0.226. The van der Waals surface area contributed by atoms with Gasteiger partial charge in [0.05, 0.1) is 12.8 Å². The second-order valence-corrected chi connectivity index (χ2v) is 12.1. The normalized spacial score (nSPS) is 11.1. The zero-order valence-corrected chi connectivity index (χ0v) is 22.2. The van der Waals surface area contributed by atoms with Crippen LogP contribution >= 0.6 is 7.26 Å². The highest BCUT2D eigenvalue weighted by atomic mass is 79.9. The van der Waals surface area contributed by atoms with Gasteiger partial charge in [0, 0.05) is 6.61 Å². The van der Waals surface area contributed by atoms with Gasteiger partial charge in [0.1, 0.15) is 23.2 Å². The van der Waals surface area contributed by atoms with Gasteiger partial charge in [-0.15, -0.1) is 0 Å². The van der Waals surface area contributed by atoms with Crippen molar-refractivity contribution in [2.45, 2.75) is 32.3 Å². The Bertz CT molecular complexity index is 959. The van der Waals surface area contributed by atoms with Crippen molar-refractivity contribution in [2.24, 2.45) is 0 Å². The lowest BCUT2D eigenvalue weighted by molar-refractivity contribution is -0.00000705. The zero-order valence-electron chi connectivity index (χ0n) is 19.7. The Morgan fingerprint density at radius 2 is 0.882 bits per heavy atom. The molecule has 0 aromatic heterocycles. The summed E-state index contributed by atoms with van der Waals surface area (Å²) in [5, 5.41) is 4.44. The van der Waals surface area contributed by atoms with E-state index in [-0.39, 0.29) is 17.0 Å². The predicted octanol–water partition coefficient (Wildman–Crippen LogP) is 3.76. The van der Waals surface area contributed by atoms with Crippen molar-refractivity contribution in [1.29, 1.82) is 0 Å². The molecule has 0 radical (unpaired) electrons. The van der Waals surface area contributed by atoms with Gasteiger partial charge in [-0.05, 0) is 61.2 Å². The number of halogens is 1. The monoisotopic (exact) mass is 532 g/mol. The molecule has 4 rings (SSSR count). The molecule has 34 heavy (non-hydrogen) atoms. The summed E-state index contributed by atoms with van der Waals surface area (Å²) < 4.78 is 5.88. The van der Waals surface area contributed by atoms with E-state index in [1.165, 1.54) is 46.9 Å². The molecule has 0 bridgehead atoms. The molecule has 3 heteroatoms. The van der Waals surface area contributed by atoms with Crippen LogP contribution in [0.25, 0.3) is 0 Å². The average molecular weight is 533 g/mol. The predicted molar refractivity (Wildman–Crippen MR) is 145 cm³/mol. The number of hydrogen-bond acceptors (Lipinski definition) is 1. The molecule has 0 saturated carbocycles. The standard InChI is InChI=1S/C31H34OP.BrH/c1(15-25-32-27-28-17-7-3-8-18-28)2-16-26-33(29-19-9-4-10-20-29,30-21-11-5-12-22-30)31-23-13-6-14-24-31;/h3-14,17-24H,1-2,15-16,25-27H2;1H/q+1;/p-1.